The van der Waals surface area contributed by atoms with Crippen LogP contribution < -0.4 is 10.6 Å². The molecule has 0 saturated heterocycles. The molecule has 0 spiro atoms. The van der Waals surface area contributed by atoms with Crippen LogP contribution in [-0.2, 0) is 6.67 Å². The minimum absolute atomic E-state index is 0.159. The lowest BCUT2D eigenvalue weighted by molar-refractivity contribution is 0.252. The van der Waals surface area contributed by atoms with Gasteiger partial charge < -0.3 is 5.32 Å². The quantitative estimate of drug-likeness (QED) is 0.699. The van der Waals surface area contributed by atoms with E-state index >= 15 is 0 Å². The first-order valence-corrected chi connectivity index (χ1v) is 8.80. The average molecular weight is 383 g/mol. The Bertz CT molecular complexity index is 1010. The Morgan fingerprint density at radius 1 is 1.30 bits per heavy atom. The summed E-state index contributed by atoms with van der Waals surface area (Å²) in [5.41, 5.74) is 2.07. The molecular formula is C17H14FN7OS. The number of amides is 2. The van der Waals surface area contributed by atoms with Gasteiger partial charge in [-0.05, 0) is 13.0 Å². The standard InChI is InChI=1S/C17H14FN7OS/c1-2-21-17(26)25-15-3-12(16-24-10(4-18)9-27-16)13(7-22-15)14-8-20-6-11(5-19)23-14/h3,6-9H,2,4H2,1H3,(H2,21,22,25,26). The van der Waals surface area contributed by atoms with Gasteiger partial charge in [0.05, 0.1) is 23.8 Å². The number of carbonyl (C=O) groups is 1. The number of nitrogens with zero attached hydrogens (tertiary/aromatic N) is 5. The van der Waals surface area contributed by atoms with Crippen molar-refractivity contribution in [3.05, 3.63) is 41.4 Å². The highest BCUT2D eigenvalue weighted by atomic mass is 32.1. The monoisotopic (exact) mass is 383 g/mol. The summed E-state index contributed by atoms with van der Waals surface area (Å²) in [5, 5.41) is 16.5. The molecule has 0 aliphatic carbocycles. The van der Waals surface area contributed by atoms with Crippen LogP contribution in [0.3, 0.4) is 0 Å². The van der Waals surface area contributed by atoms with Crippen LogP contribution in [0, 0.1) is 11.3 Å². The van der Waals surface area contributed by atoms with Crippen LogP contribution in [0.15, 0.2) is 30.0 Å². The highest BCUT2D eigenvalue weighted by Crippen LogP contribution is 2.34. The molecule has 0 unspecified atom stereocenters. The molecule has 8 nitrogen and oxygen atoms in total. The van der Waals surface area contributed by atoms with E-state index in [2.05, 4.69) is 30.6 Å². The Labute approximate surface area is 158 Å². The van der Waals surface area contributed by atoms with Gasteiger partial charge in [0.25, 0.3) is 0 Å². The molecule has 3 aromatic heterocycles. The first-order valence-electron chi connectivity index (χ1n) is 7.92. The van der Waals surface area contributed by atoms with Crippen LogP contribution >= 0.6 is 11.3 Å². The summed E-state index contributed by atoms with van der Waals surface area (Å²) < 4.78 is 12.9. The van der Waals surface area contributed by atoms with Crippen molar-refractivity contribution >= 4 is 23.2 Å². The second-order valence-electron chi connectivity index (χ2n) is 5.28. The zero-order valence-corrected chi connectivity index (χ0v) is 15.0. The van der Waals surface area contributed by atoms with Crippen LogP contribution in [0.5, 0.6) is 0 Å². The predicted molar refractivity (Wildman–Crippen MR) is 98.6 cm³/mol. The van der Waals surface area contributed by atoms with Crippen molar-refractivity contribution in [2.24, 2.45) is 0 Å². The van der Waals surface area contributed by atoms with E-state index in [-0.39, 0.29) is 5.69 Å². The Kier molecular flexibility index (Phi) is 5.63. The van der Waals surface area contributed by atoms with E-state index in [9.17, 15) is 9.18 Å². The smallest absolute Gasteiger partial charge is 0.320 e. The van der Waals surface area contributed by atoms with E-state index in [0.29, 0.717) is 39.9 Å². The summed E-state index contributed by atoms with van der Waals surface area (Å²) in [6.45, 7) is 1.60. The summed E-state index contributed by atoms with van der Waals surface area (Å²) in [5.74, 6) is 0.307. The fourth-order valence-electron chi connectivity index (χ4n) is 2.27. The third-order valence-electron chi connectivity index (χ3n) is 3.43. The number of aromatic nitrogens is 4. The Morgan fingerprint density at radius 2 is 2.15 bits per heavy atom. The molecule has 0 saturated carbocycles. The van der Waals surface area contributed by atoms with Crippen molar-refractivity contribution in [3.63, 3.8) is 0 Å². The minimum atomic E-state index is -0.676. The van der Waals surface area contributed by atoms with Crippen LogP contribution in [0.4, 0.5) is 15.0 Å². The number of rotatable bonds is 5. The number of thiazole rings is 1. The molecule has 3 aromatic rings. The van der Waals surface area contributed by atoms with Gasteiger partial charge >= 0.3 is 6.03 Å². The number of pyridine rings is 1. The van der Waals surface area contributed by atoms with Gasteiger partial charge in [-0.1, -0.05) is 0 Å². The molecule has 3 rings (SSSR count). The highest BCUT2D eigenvalue weighted by molar-refractivity contribution is 7.13. The Hall–Kier alpha value is -3.45. The number of alkyl halides is 1. The molecule has 2 amide bonds. The van der Waals surface area contributed by atoms with E-state index in [1.54, 1.807) is 18.4 Å². The number of anilines is 1. The molecule has 0 fully saturated rings. The van der Waals surface area contributed by atoms with Crippen molar-refractivity contribution in [2.75, 3.05) is 11.9 Å². The Balaban J connectivity index is 2.08. The van der Waals surface area contributed by atoms with Gasteiger partial charge in [-0.3, -0.25) is 10.3 Å². The number of carbonyl (C=O) groups excluding carboxylic acids is 1. The fourth-order valence-corrected chi connectivity index (χ4v) is 3.10. The van der Waals surface area contributed by atoms with Gasteiger partial charge in [-0.15, -0.1) is 11.3 Å². The third-order valence-corrected chi connectivity index (χ3v) is 4.35. The molecule has 0 aromatic carbocycles. The van der Waals surface area contributed by atoms with Crippen molar-refractivity contribution < 1.29 is 9.18 Å². The van der Waals surface area contributed by atoms with Crippen LogP contribution in [0.25, 0.3) is 21.8 Å². The lowest BCUT2D eigenvalue weighted by Crippen LogP contribution is -2.28. The van der Waals surface area contributed by atoms with Crippen molar-refractivity contribution in [3.8, 4) is 27.9 Å². The number of halogens is 1. The molecule has 2 N–H and O–H groups in total. The molecule has 27 heavy (non-hydrogen) atoms. The zero-order chi connectivity index (χ0) is 19.2. The number of hydrogen-bond donors (Lipinski definition) is 2. The third kappa shape index (κ3) is 4.21. The highest BCUT2D eigenvalue weighted by Gasteiger charge is 2.16. The molecule has 0 radical (unpaired) electrons. The van der Waals surface area contributed by atoms with Crippen LogP contribution in [-0.4, -0.2) is 32.5 Å². The van der Waals surface area contributed by atoms with E-state index < -0.39 is 12.7 Å². The summed E-state index contributed by atoms with van der Waals surface area (Å²) in [4.78, 5) is 28.5. The minimum Gasteiger partial charge on any atom is -0.338 e. The van der Waals surface area contributed by atoms with Gasteiger partial charge in [0.1, 0.15) is 23.6 Å². The fraction of sp³-hybridized carbons (Fsp3) is 0.176. The lowest BCUT2D eigenvalue weighted by atomic mass is 10.1. The first-order chi connectivity index (χ1) is 13.1. The van der Waals surface area contributed by atoms with Gasteiger partial charge in [0, 0.05) is 29.2 Å². The molecular weight excluding hydrogens is 369 g/mol. The molecule has 0 aliphatic rings. The number of nitrogens with one attached hydrogen (secondary N) is 2. The maximum Gasteiger partial charge on any atom is 0.320 e. The largest absolute Gasteiger partial charge is 0.338 e. The predicted octanol–water partition coefficient (Wildman–Crippen LogP) is 3.14. The average Bonchev–Trinajstić information content (AvgIpc) is 3.17. The van der Waals surface area contributed by atoms with Crippen molar-refractivity contribution in [1.82, 2.24) is 25.3 Å². The summed E-state index contributed by atoms with van der Waals surface area (Å²) in [7, 11) is 0. The van der Waals surface area contributed by atoms with E-state index in [4.69, 9.17) is 5.26 Å². The van der Waals surface area contributed by atoms with Crippen LogP contribution in [0.1, 0.15) is 18.3 Å². The molecule has 3 heterocycles. The number of nitriles is 1. The normalized spacial score (nSPS) is 10.3. The summed E-state index contributed by atoms with van der Waals surface area (Å²) >= 11 is 1.26. The second-order valence-corrected chi connectivity index (χ2v) is 6.14. The van der Waals surface area contributed by atoms with Gasteiger partial charge in [-0.25, -0.2) is 24.1 Å². The Morgan fingerprint density at radius 3 is 2.85 bits per heavy atom. The van der Waals surface area contributed by atoms with E-state index in [1.807, 2.05) is 6.07 Å². The summed E-state index contributed by atoms with van der Waals surface area (Å²) in [6, 6.07) is 3.18. The summed E-state index contributed by atoms with van der Waals surface area (Å²) in [6.07, 6.45) is 4.37. The van der Waals surface area contributed by atoms with E-state index in [1.165, 1.54) is 29.9 Å². The number of urea groups is 1. The number of hydrogen-bond acceptors (Lipinski definition) is 7. The molecule has 0 bridgehead atoms. The topological polar surface area (TPSA) is 116 Å². The molecule has 136 valence electrons. The van der Waals surface area contributed by atoms with Crippen LogP contribution in [0.2, 0.25) is 0 Å². The molecule has 10 heteroatoms. The van der Waals surface area contributed by atoms with Gasteiger partial charge in [0.2, 0.25) is 0 Å². The van der Waals surface area contributed by atoms with E-state index in [0.717, 1.165) is 0 Å². The van der Waals surface area contributed by atoms with Gasteiger partial charge in [0.15, 0.2) is 5.69 Å². The SMILES string of the molecule is CCNC(=O)Nc1cc(-c2nc(CF)cs2)c(-c2cncc(C#N)n2)cn1. The lowest BCUT2D eigenvalue weighted by Gasteiger charge is -2.10. The maximum absolute atomic E-state index is 12.9. The first kappa shape index (κ1) is 18.3. The second kappa shape index (κ2) is 8.29. The van der Waals surface area contributed by atoms with Crippen molar-refractivity contribution in [2.45, 2.75) is 13.6 Å². The van der Waals surface area contributed by atoms with Crippen molar-refractivity contribution in [1.29, 1.82) is 5.26 Å². The maximum atomic E-state index is 12.9. The molecule has 0 aliphatic heterocycles. The molecule has 0 atom stereocenters. The van der Waals surface area contributed by atoms with Gasteiger partial charge in [-0.2, -0.15) is 5.26 Å². The zero-order valence-electron chi connectivity index (χ0n) is 14.2.